The molecule has 0 saturated heterocycles. The highest BCUT2D eigenvalue weighted by Gasteiger charge is 2.16. The number of rotatable bonds is 6. The van der Waals surface area contributed by atoms with Gasteiger partial charge < -0.3 is 4.90 Å². The van der Waals surface area contributed by atoms with Gasteiger partial charge in [0, 0.05) is 13.6 Å². The highest BCUT2D eigenvalue weighted by molar-refractivity contribution is 5.67. The van der Waals surface area contributed by atoms with Gasteiger partial charge in [0.25, 0.3) is 0 Å². The lowest BCUT2D eigenvalue weighted by molar-refractivity contribution is 0.0788. The molecule has 0 N–H and O–H groups in total. The number of nitrogens with zero attached hydrogens (tertiary/aromatic N) is 5. The first-order chi connectivity index (χ1) is 13.0. The zero-order chi connectivity index (χ0) is 19.2. The van der Waals surface area contributed by atoms with Crippen molar-refractivity contribution < 1.29 is 14.0 Å². The third-order valence-electron chi connectivity index (χ3n) is 3.89. The molecule has 1 amide bonds. The van der Waals surface area contributed by atoms with Crippen molar-refractivity contribution in [3.8, 4) is 5.69 Å². The maximum Gasteiger partial charge on any atom is 0.435 e. The summed E-state index contributed by atoms with van der Waals surface area (Å²) >= 11 is 0. The second-order valence-corrected chi connectivity index (χ2v) is 5.89. The van der Waals surface area contributed by atoms with Crippen LogP contribution < -0.4 is 10.5 Å². The molecule has 3 aromatic rings. The van der Waals surface area contributed by atoms with Crippen LogP contribution in [0.4, 0.5) is 9.18 Å². The molecule has 9 heteroatoms. The van der Waals surface area contributed by atoms with Gasteiger partial charge in [-0.05, 0) is 51.9 Å². The third-order valence-corrected chi connectivity index (χ3v) is 3.89. The Morgan fingerprint density at radius 1 is 1.15 bits per heavy atom. The molecule has 2 aromatic carbocycles. The molecule has 0 aliphatic heterocycles. The van der Waals surface area contributed by atoms with E-state index in [0.29, 0.717) is 11.4 Å². The number of aromatic nitrogens is 4. The largest absolute Gasteiger partial charge is 0.435 e. The first kappa shape index (κ1) is 18.3. The van der Waals surface area contributed by atoms with Crippen LogP contribution >= 0.6 is 0 Å². The second-order valence-electron chi connectivity index (χ2n) is 5.89. The molecule has 140 valence electrons. The van der Waals surface area contributed by atoms with E-state index in [1.807, 2.05) is 30.3 Å². The third kappa shape index (κ3) is 4.57. The van der Waals surface area contributed by atoms with Gasteiger partial charge in [0.15, 0.2) is 0 Å². The fraction of sp³-hybridized carbons (Fsp3) is 0.222. The molecule has 0 aliphatic rings. The number of amides is 1. The fourth-order valence-corrected chi connectivity index (χ4v) is 2.46. The number of halogens is 1. The quantitative estimate of drug-likeness (QED) is 0.616. The van der Waals surface area contributed by atoms with Crippen LogP contribution in [0, 0.1) is 5.82 Å². The summed E-state index contributed by atoms with van der Waals surface area (Å²) < 4.78 is 14.1. The molecule has 27 heavy (non-hydrogen) atoms. The van der Waals surface area contributed by atoms with Gasteiger partial charge in [-0.1, -0.05) is 36.4 Å². The lowest BCUT2D eigenvalue weighted by Gasteiger charge is -2.15. The summed E-state index contributed by atoms with van der Waals surface area (Å²) in [6.07, 6.45) is 0.811. The summed E-state index contributed by atoms with van der Waals surface area (Å²) in [4.78, 5) is 31.1. The number of benzene rings is 2. The Bertz CT molecular complexity index is 970. The second kappa shape index (κ2) is 8.26. The van der Waals surface area contributed by atoms with E-state index in [9.17, 15) is 14.0 Å². The van der Waals surface area contributed by atoms with Crippen molar-refractivity contribution in [3.63, 3.8) is 0 Å². The summed E-state index contributed by atoms with van der Waals surface area (Å²) in [5.74, 6) is -0.524. The zero-order valence-electron chi connectivity index (χ0n) is 14.7. The lowest BCUT2D eigenvalue weighted by Crippen LogP contribution is -2.39. The van der Waals surface area contributed by atoms with Crippen LogP contribution in [0.15, 0.2) is 59.4 Å². The van der Waals surface area contributed by atoms with E-state index >= 15 is 0 Å². The monoisotopic (exact) mass is 371 g/mol. The molecule has 1 heterocycles. The van der Waals surface area contributed by atoms with Crippen molar-refractivity contribution in [1.82, 2.24) is 24.9 Å². The van der Waals surface area contributed by atoms with Crippen molar-refractivity contribution >= 4 is 6.09 Å². The Morgan fingerprint density at radius 3 is 2.67 bits per heavy atom. The fourth-order valence-electron chi connectivity index (χ4n) is 2.46. The van der Waals surface area contributed by atoms with Gasteiger partial charge >= 0.3 is 11.8 Å². The molecule has 0 bridgehead atoms. The van der Waals surface area contributed by atoms with Crippen LogP contribution in [0.5, 0.6) is 0 Å². The maximum atomic E-state index is 13.3. The smallest absolute Gasteiger partial charge is 0.309 e. The maximum absolute atomic E-state index is 13.3. The van der Waals surface area contributed by atoms with E-state index in [1.165, 1.54) is 28.7 Å². The molecule has 0 aliphatic carbocycles. The first-order valence-electron chi connectivity index (χ1n) is 8.33. The van der Waals surface area contributed by atoms with E-state index in [-0.39, 0.29) is 5.69 Å². The zero-order valence-corrected chi connectivity index (χ0v) is 14.7. The van der Waals surface area contributed by atoms with Crippen LogP contribution in [-0.2, 0) is 6.42 Å². The van der Waals surface area contributed by atoms with Crippen molar-refractivity contribution in [1.29, 1.82) is 0 Å². The molecular weight excluding hydrogens is 353 g/mol. The average molecular weight is 371 g/mol. The molecule has 0 atom stereocenters. The van der Waals surface area contributed by atoms with Gasteiger partial charge in [-0.3, -0.25) is 4.84 Å². The van der Waals surface area contributed by atoms with Crippen molar-refractivity contribution in [2.24, 2.45) is 0 Å². The number of carbonyl (C=O) groups is 1. The molecule has 0 spiro atoms. The van der Waals surface area contributed by atoms with E-state index < -0.39 is 17.6 Å². The Labute approximate surface area is 154 Å². The molecule has 0 saturated carbocycles. The van der Waals surface area contributed by atoms with E-state index in [1.54, 1.807) is 7.05 Å². The highest BCUT2D eigenvalue weighted by Crippen LogP contribution is 2.05. The molecule has 1 aromatic heterocycles. The van der Waals surface area contributed by atoms with Crippen molar-refractivity contribution in [3.05, 3.63) is 76.5 Å². The molecular formula is C18H18FN5O3. The van der Waals surface area contributed by atoms with E-state index in [0.717, 1.165) is 23.6 Å². The molecule has 0 radical (unpaired) electrons. The van der Waals surface area contributed by atoms with Crippen molar-refractivity contribution in [2.45, 2.75) is 12.8 Å². The van der Waals surface area contributed by atoms with Crippen LogP contribution in [0.25, 0.3) is 5.69 Å². The summed E-state index contributed by atoms with van der Waals surface area (Å²) in [6.45, 7) is 0.445. The summed E-state index contributed by atoms with van der Waals surface area (Å²) in [5, 5.41) is 7.09. The molecule has 0 unspecified atom stereocenters. The van der Waals surface area contributed by atoms with Crippen LogP contribution in [-0.4, -0.2) is 44.5 Å². The molecule has 3 rings (SSSR count). The summed E-state index contributed by atoms with van der Waals surface area (Å²) in [6, 6.07) is 15.2. The minimum atomic E-state index is -0.813. The number of hydrogen-bond donors (Lipinski definition) is 0. The van der Waals surface area contributed by atoms with Crippen LogP contribution in [0.2, 0.25) is 0 Å². The number of carbonyl (C=O) groups excluding carboxylic acids is 1. The average Bonchev–Trinajstić information content (AvgIpc) is 3.03. The lowest BCUT2D eigenvalue weighted by atomic mass is 10.1. The summed E-state index contributed by atoms with van der Waals surface area (Å²) in [5.41, 5.74) is 0.540. The number of aryl methyl sites for hydroxylation is 1. The Morgan fingerprint density at radius 2 is 1.93 bits per heavy atom. The van der Waals surface area contributed by atoms with Gasteiger partial charge in [0.2, 0.25) is 0 Å². The number of hydrogen-bond acceptors (Lipinski definition) is 5. The normalized spacial score (nSPS) is 10.6. The molecule has 0 fully saturated rings. The minimum absolute atomic E-state index is 0.179. The van der Waals surface area contributed by atoms with Crippen LogP contribution in [0.1, 0.15) is 12.0 Å². The predicted molar refractivity (Wildman–Crippen MR) is 94.9 cm³/mol. The Hall–Kier alpha value is -3.49. The number of tetrazole rings is 1. The highest BCUT2D eigenvalue weighted by atomic mass is 19.1. The van der Waals surface area contributed by atoms with Gasteiger partial charge in [0.1, 0.15) is 5.82 Å². The Balaban J connectivity index is 1.58. The summed E-state index contributed by atoms with van der Waals surface area (Å²) in [7, 11) is 1.56. The standard InChI is InChI=1S/C18H18FN5O3/c1-22(12-6-9-14-7-3-2-4-8-14)18(26)27-24-17(25)23(20-21-24)16-11-5-10-15(19)13-16/h2-5,7-8,10-11,13H,6,9,12H2,1H3. The van der Waals surface area contributed by atoms with Gasteiger partial charge in [-0.15, -0.1) is 0 Å². The molecule has 8 nitrogen and oxygen atoms in total. The van der Waals surface area contributed by atoms with Crippen LogP contribution in [0.3, 0.4) is 0 Å². The Kier molecular flexibility index (Phi) is 5.60. The van der Waals surface area contributed by atoms with E-state index in [4.69, 9.17) is 4.84 Å². The van der Waals surface area contributed by atoms with Gasteiger partial charge in [0.05, 0.1) is 5.69 Å². The SMILES string of the molecule is CN(CCCc1ccccc1)C(=O)On1nnn(-c2cccc(F)c2)c1=O. The first-order valence-corrected chi connectivity index (χ1v) is 8.33. The van der Waals surface area contributed by atoms with Gasteiger partial charge in [-0.25, -0.2) is 14.0 Å². The van der Waals surface area contributed by atoms with Gasteiger partial charge in [-0.2, -0.15) is 4.68 Å². The van der Waals surface area contributed by atoms with Crippen molar-refractivity contribution in [2.75, 3.05) is 13.6 Å². The predicted octanol–water partition coefficient (Wildman–Crippen LogP) is 1.68. The minimum Gasteiger partial charge on any atom is -0.309 e. The topological polar surface area (TPSA) is 82.2 Å². The van der Waals surface area contributed by atoms with E-state index in [2.05, 4.69) is 10.4 Å².